The molecule has 4 N–H and O–H groups in total. The molecule has 0 aromatic heterocycles. The highest BCUT2D eigenvalue weighted by molar-refractivity contribution is 7.89. The summed E-state index contributed by atoms with van der Waals surface area (Å²) in [6.45, 7) is 4.61. The molecule has 0 bridgehead atoms. The Hall–Kier alpha value is -2.94. The number of benzene rings is 3. The van der Waals surface area contributed by atoms with E-state index in [9.17, 15) is 13.2 Å². The highest BCUT2D eigenvalue weighted by Gasteiger charge is 2.35. The van der Waals surface area contributed by atoms with Crippen LogP contribution in [-0.2, 0) is 21.4 Å². The smallest absolute Gasteiger partial charge is 0.241 e. The maximum atomic E-state index is 13.0. The zero-order valence-corrected chi connectivity index (χ0v) is 19.9. The average Bonchev–Trinajstić information content (AvgIpc) is 3.10. The minimum atomic E-state index is -3.90. The Morgan fingerprint density at radius 2 is 1.97 bits per heavy atom. The summed E-state index contributed by atoms with van der Waals surface area (Å²) in [5, 5.41) is 9.69. The summed E-state index contributed by atoms with van der Waals surface area (Å²) in [6, 6.07) is 13.0. The van der Waals surface area contributed by atoms with Crippen molar-refractivity contribution in [3.8, 4) is 0 Å². The first kappa shape index (κ1) is 23.2. The van der Waals surface area contributed by atoms with Gasteiger partial charge < -0.3 is 10.6 Å². The standard InChI is InChI=1S/C24H25ClN4O3S/c1-14-10-18-12-19(6-7-20(18)22(25)15(14)2)33(31,32)28-21-8-9-29(24(21)30)13-16-4-3-5-17(11-16)23(26)27/h3-7,10-12,21,28H,8-9,13H2,1-2H3,(H3,26,27)/t21-/m0/s1. The van der Waals surface area contributed by atoms with Gasteiger partial charge in [-0.3, -0.25) is 10.2 Å². The van der Waals surface area contributed by atoms with Crippen LogP contribution in [0.5, 0.6) is 0 Å². The number of halogens is 1. The Morgan fingerprint density at radius 3 is 2.70 bits per heavy atom. The molecule has 0 saturated carbocycles. The maximum absolute atomic E-state index is 13.0. The molecule has 1 aliphatic heterocycles. The van der Waals surface area contributed by atoms with E-state index in [0.29, 0.717) is 30.1 Å². The van der Waals surface area contributed by atoms with Crippen LogP contribution in [0.25, 0.3) is 10.8 Å². The van der Waals surface area contributed by atoms with Crippen LogP contribution in [-0.4, -0.2) is 37.6 Å². The van der Waals surface area contributed by atoms with E-state index in [2.05, 4.69) is 4.72 Å². The highest BCUT2D eigenvalue weighted by atomic mass is 35.5. The van der Waals surface area contributed by atoms with E-state index in [1.807, 2.05) is 26.0 Å². The van der Waals surface area contributed by atoms with Crippen molar-refractivity contribution in [3.63, 3.8) is 0 Å². The van der Waals surface area contributed by atoms with Crippen LogP contribution in [0.4, 0.5) is 0 Å². The highest BCUT2D eigenvalue weighted by Crippen LogP contribution is 2.31. The van der Waals surface area contributed by atoms with Crippen molar-refractivity contribution in [2.75, 3.05) is 6.54 Å². The minimum absolute atomic E-state index is 0.0442. The van der Waals surface area contributed by atoms with Gasteiger partial charge in [0.25, 0.3) is 0 Å². The number of carbonyl (C=O) groups is 1. The van der Waals surface area contributed by atoms with Gasteiger partial charge >= 0.3 is 0 Å². The lowest BCUT2D eigenvalue weighted by molar-refractivity contribution is -0.129. The van der Waals surface area contributed by atoms with E-state index >= 15 is 0 Å². The van der Waals surface area contributed by atoms with Crippen LogP contribution < -0.4 is 10.5 Å². The molecule has 0 unspecified atom stereocenters. The molecule has 172 valence electrons. The number of carbonyl (C=O) groups excluding carboxylic acids is 1. The Labute approximate surface area is 198 Å². The first-order valence-electron chi connectivity index (χ1n) is 10.5. The Bertz CT molecular complexity index is 1390. The summed E-state index contributed by atoms with van der Waals surface area (Å²) in [5.74, 6) is -0.320. The molecular formula is C24H25ClN4O3S. The lowest BCUT2D eigenvalue weighted by atomic mass is 10.0. The Balaban J connectivity index is 1.52. The number of fused-ring (bicyclic) bond motifs is 1. The van der Waals surface area contributed by atoms with Gasteiger partial charge in [-0.25, -0.2) is 8.42 Å². The van der Waals surface area contributed by atoms with Gasteiger partial charge in [0.2, 0.25) is 15.9 Å². The Morgan fingerprint density at radius 1 is 1.21 bits per heavy atom. The number of amidine groups is 1. The topological polar surface area (TPSA) is 116 Å². The summed E-state index contributed by atoms with van der Waals surface area (Å²) in [5.41, 5.74) is 8.89. The van der Waals surface area contributed by atoms with Crippen molar-refractivity contribution in [1.82, 2.24) is 9.62 Å². The van der Waals surface area contributed by atoms with Gasteiger partial charge in [0.1, 0.15) is 11.9 Å². The molecule has 1 atom stereocenters. The fraction of sp³-hybridized carbons (Fsp3) is 0.250. The van der Waals surface area contributed by atoms with Gasteiger partial charge in [0.05, 0.1) is 9.92 Å². The van der Waals surface area contributed by atoms with Gasteiger partial charge in [-0.1, -0.05) is 41.9 Å². The van der Waals surface area contributed by atoms with Crippen molar-refractivity contribution in [2.24, 2.45) is 5.73 Å². The number of sulfonamides is 1. The molecular weight excluding hydrogens is 460 g/mol. The molecule has 33 heavy (non-hydrogen) atoms. The largest absolute Gasteiger partial charge is 0.384 e. The van der Waals surface area contributed by atoms with Crippen LogP contribution in [0.3, 0.4) is 0 Å². The molecule has 3 aromatic carbocycles. The first-order chi connectivity index (χ1) is 15.6. The quantitative estimate of drug-likeness (QED) is 0.367. The molecule has 0 radical (unpaired) electrons. The molecule has 0 spiro atoms. The fourth-order valence-electron chi connectivity index (χ4n) is 4.06. The predicted molar refractivity (Wildman–Crippen MR) is 130 cm³/mol. The number of likely N-dealkylation sites (tertiary alicyclic amines) is 1. The molecule has 3 aromatic rings. The van der Waals surface area contributed by atoms with Crippen LogP contribution in [0.15, 0.2) is 53.4 Å². The molecule has 1 fully saturated rings. The molecule has 9 heteroatoms. The number of hydrogen-bond acceptors (Lipinski definition) is 4. The van der Waals surface area contributed by atoms with Gasteiger partial charge in [0, 0.05) is 24.0 Å². The second kappa shape index (κ2) is 8.78. The zero-order valence-electron chi connectivity index (χ0n) is 18.4. The van der Waals surface area contributed by atoms with Gasteiger partial charge in [-0.05, 0) is 60.5 Å². The second-order valence-corrected chi connectivity index (χ2v) is 10.4. The summed E-state index contributed by atoms with van der Waals surface area (Å²) in [6.07, 6.45) is 0.377. The zero-order chi connectivity index (χ0) is 23.9. The molecule has 1 heterocycles. The number of nitrogens with two attached hydrogens (primary N) is 1. The predicted octanol–water partition coefficient (Wildman–Crippen LogP) is 3.47. The van der Waals surface area contributed by atoms with Crippen molar-refractivity contribution in [3.05, 3.63) is 75.8 Å². The molecule has 1 saturated heterocycles. The summed E-state index contributed by atoms with van der Waals surface area (Å²) < 4.78 is 28.7. The van der Waals surface area contributed by atoms with E-state index in [1.165, 1.54) is 6.07 Å². The van der Waals surface area contributed by atoms with Crippen molar-refractivity contribution in [1.29, 1.82) is 5.41 Å². The number of rotatable bonds is 6. The monoisotopic (exact) mass is 484 g/mol. The number of nitrogens with zero attached hydrogens (tertiary/aromatic N) is 1. The summed E-state index contributed by atoms with van der Waals surface area (Å²) >= 11 is 6.43. The number of amides is 1. The summed E-state index contributed by atoms with van der Waals surface area (Å²) in [4.78, 5) is 14.6. The van der Waals surface area contributed by atoms with Gasteiger partial charge in [-0.15, -0.1) is 0 Å². The van der Waals surface area contributed by atoms with E-state index in [-0.39, 0.29) is 16.6 Å². The van der Waals surface area contributed by atoms with Crippen LogP contribution in [0.1, 0.15) is 28.7 Å². The van der Waals surface area contributed by atoms with Gasteiger partial charge in [-0.2, -0.15) is 4.72 Å². The number of nitrogen functional groups attached to an aromatic ring is 1. The SMILES string of the molecule is Cc1cc2cc(S(=O)(=O)N[C@H]3CCN(Cc4cccc(C(=N)N)c4)C3=O)ccc2c(Cl)c1C. The average molecular weight is 485 g/mol. The third-order valence-corrected chi connectivity index (χ3v) is 8.03. The van der Waals surface area contributed by atoms with Gasteiger partial charge in [0.15, 0.2) is 0 Å². The third-order valence-electron chi connectivity index (χ3n) is 6.07. The molecule has 0 aliphatic carbocycles. The normalized spacial score (nSPS) is 16.5. The van der Waals surface area contributed by atoms with E-state index in [4.69, 9.17) is 22.7 Å². The molecule has 4 rings (SSSR count). The van der Waals surface area contributed by atoms with E-state index in [0.717, 1.165) is 27.5 Å². The Kier molecular flexibility index (Phi) is 6.18. The van der Waals surface area contributed by atoms with E-state index < -0.39 is 16.1 Å². The number of hydrogen-bond donors (Lipinski definition) is 3. The van der Waals surface area contributed by atoms with Crippen molar-refractivity contribution in [2.45, 2.75) is 37.8 Å². The lowest BCUT2D eigenvalue weighted by Crippen LogP contribution is -2.41. The number of aryl methyl sites for hydroxylation is 1. The fourth-order valence-corrected chi connectivity index (χ4v) is 5.64. The molecule has 7 nitrogen and oxygen atoms in total. The van der Waals surface area contributed by atoms with Crippen molar-refractivity contribution < 1.29 is 13.2 Å². The maximum Gasteiger partial charge on any atom is 0.241 e. The lowest BCUT2D eigenvalue weighted by Gasteiger charge is -2.18. The number of nitrogens with one attached hydrogen (secondary N) is 2. The summed E-state index contributed by atoms with van der Waals surface area (Å²) in [7, 11) is -3.90. The van der Waals surface area contributed by atoms with Crippen LogP contribution >= 0.6 is 11.6 Å². The first-order valence-corrected chi connectivity index (χ1v) is 12.4. The minimum Gasteiger partial charge on any atom is -0.384 e. The van der Waals surface area contributed by atoms with Crippen LogP contribution in [0, 0.1) is 19.3 Å². The van der Waals surface area contributed by atoms with Crippen molar-refractivity contribution >= 4 is 44.1 Å². The second-order valence-electron chi connectivity index (χ2n) is 8.35. The van der Waals surface area contributed by atoms with Crippen LogP contribution in [0.2, 0.25) is 5.02 Å². The molecule has 1 aliphatic rings. The van der Waals surface area contributed by atoms with E-state index in [1.54, 1.807) is 35.2 Å². The molecule has 1 amide bonds. The third kappa shape index (κ3) is 4.59.